The molecular formula is C11H17N7OS. The predicted octanol–water partition coefficient (Wildman–Crippen LogP) is 1.37. The summed E-state index contributed by atoms with van der Waals surface area (Å²) in [6.07, 6.45) is 2.53. The first-order valence-corrected chi connectivity index (χ1v) is 7.19. The minimum atomic E-state index is 0.322. The van der Waals surface area contributed by atoms with Crippen LogP contribution in [-0.2, 0) is 7.05 Å². The van der Waals surface area contributed by atoms with Gasteiger partial charge in [0, 0.05) is 13.6 Å². The lowest BCUT2D eigenvalue weighted by Gasteiger charge is -2.07. The van der Waals surface area contributed by atoms with Crippen molar-refractivity contribution in [3.63, 3.8) is 0 Å². The van der Waals surface area contributed by atoms with Gasteiger partial charge in [-0.3, -0.25) is 0 Å². The summed E-state index contributed by atoms with van der Waals surface area (Å²) < 4.78 is 7.27. The van der Waals surface area contributed by atoms with Gasteiger partial charge in [0.25, 0.3) is 0 Å². The smallest absolute Gasteiger partial charge is 0.322 e. The van der Waals surface area contributed by atoms with E-state index in [1.54, 1.807) is 10.9 Å². The average molecular weight is 295 g/mol. The molecule has 0 aliphatic heterocycles. The number of hydrogen-bond acceptors (Lipinski definition) is 8. The second kappa shape index (κ2) is 7.04. The number of aromatic nitrogens is 6. The van der Waals surface area contributed by atoms with Gasteiger partial charge in [0.05, 0.1) is 6.61 Å². The van der Waals surface area contributed by atoms with Crippen molar-refractivity contribution in [1.82, 2.24) is 29.7 Å². The van der Waals surface area contributed by atoms with Crippen LogP contribution in [0.5, 0.6) is 6.01 Å². The SMILES string of the molecule is CCCOc1nc(NCC)nc(Sc2nncn2C)n1. The Morgan fingerprint density at radius 2 is 2.15 bits per heavy atom. The highest BCUT2D eigenvalue weighted by atomic mass is 32.2. The van der Waals surface area contributed by atoms with E-state index in [9.17, 15) is 0 Å². The van der Waals surface area contributed by atoms with Gasteiger partial charge in [0.15, 0.2) is 5.16 Å². The Morgan fingerprint density at radius 1 is 1.30 bits per heavy atom. The van der Waals surface area contributed by atoms with Gasteiger partial charge in [-0.05, 0) is 25.1 Å². The molecule has 2 aromatic heterocycles. The Labute approximate surface area is 121 Å². The molecule has 0 bridgehead atoms. The molecule has 2 rings (SSSR count). The molecule has 8 nitrogen and oxygen atoms in total. The summed E-state index contributed by atoms with van der Waals surface area (Å²) in [4.78, 5) is 12.8. The molecule has 0 spiro atoms. The van der Waals surface area contributed by atoms with Crippen molar-refractivity contribution in [3.05, 3.63) is 6.33 Å². The molecule has 2 heterocycles. The molecule has 0 amide bonds. The number of nitrogens with one attached hydrogen (secondary N) is 1. The lowest BCUT2D eigenvalue weighted by Crippen LogP contribution is -2.08. The molecule has 0 fully saturated rings. The van der Waals surface area contributed by atoms with Crippen LogP contribution in [0.1, 0.15) is 20.3 Å². The number of rotatable bonds is 7. The number of nitrogens with zero attached hydrogens (tertiary/aromatic N) is 6. The predicted molar refractivity (Wildman–Crippen MR) is 74.9 cm³/mol. The molecule has 0 aromatic carbocycles. The van der Waals surface area contributed by atoms with Gasteiger partial charge in [0.2, 0.25) is 11.1 Å². The Kier molecular flexibility index (Phi) is 5.10. The van der Waals surface area contributed by atoms with Gasteiger partial charge in [-0.2, -0.15) is 15.0 Å². The van der Waals surface area contributed by atoms with Gasteiger partial charge < -0.3 is 14.6 Å². The van der Waals surface area contributed by atoms with Crippen LogP contribution in [0.15, 0.2) is 16.6 Å². The Bertz CT molecular complexity index is 559. The molecule has 2 aromatic rings. The highest BCUT2D eigenvalue weighted by Crippen LogP contribution is 2.23. The monoisotopic (exact) mass is 295 g/mol. The van der Waals surface area contributed by atoms with Gasteiger partial charge in [0.1, 0.15) is 6.33 Å². The van der Waals surface area contributed by atoms with E-state index in [1.807, 2.05) is 20.9 Å². The number of ether oxygens (including phenoxy) is 1. The summed E-state index contributed by atoms with van der Waals surface area (Å²) in [5, 5.41) is 12.1. The molecular weight excluding hydrogens is 278 g/mol. The van der Waals surface area contributed by atoms with E-state index in [1.165, 1.54) is 11.8 Å². The fraction of sp³-hybridized carbons (Fsp3) is 0.545. The zero-order valence-electron chi connectivity index (χ0n) is 11.7. The molecule has 20 heavy (non-hydrogen) atoms. The van der Waals surface area contributed by atoms with Crippen LogP contribution in [0.2, 0.25) is 0 Å². The number of anilines is 1. The van der Waals surface area contributed by atoms with Crippen molar-refractivity contribution < 1.29 is 4.74 Å². The van der Waals surface area contributed by atoms with Crippen LogP contribution in [0.4, 0.5) is 5.95 Å². The summed E-state index contributed by atoms with van der Waals surface area (Å²) in [5.41, 5.74) is 0. The topological polar surface area (TPSA) is 90.6 Å². The van der Waals surface area contributed by atoms with Crippen LogP contribution >= 0.6 is 11.8 Å². The van der Waals surface area contributed by atoms with Crippen molar-refractivity contribution in [2.45, 2.75) is 30.6 Å². The van der Waals surface area contributed by atoms with E-state index < -0.39 is 0 Å². The first-order chi connectivity index (χ1) is 9.72. The third-order valence-electron chi connectivity index (χ3n) is 2.22. The van der Waals surface area contributed by atoms with Crippen molar-refractivity contribution >= 4 is 17.7 Å². The first kappa shape index (κ1) is 14.5. The first-order valence-electron chi connectivity index (χ1n) is 6.37. The van der Waals surface area contributed by atoms with Crippen LogP contribution in [-0.4, -0.2) is 42.9 Å². The third kappa shape index (κ3) is 3.80. The number of aryl methyl sites for hydroxylation is 1. The van der Waals surface area contributed by atoms with Crippen molar-refractivity contribution in [2.75, 3.05) is 18.5 Å². The average Bonchev–Trinajstić information content (AvgIpc) is 2.82. The maximum Gasteiger partial charge on any atom is 0.322 e. The maximum atomic E-state index is 5.47. The molecule has 0 radical (unpaired) electrons. The highest BCUT2D eigenvalue weighted by Gasteiger charge is 2.11. The summed E-state index contributed by atoms with van der Waals surface area (Å²) in [6.45, 7) is 5.31. The molecule has 0 atom stereocenters. The van der Waals surface area contributed by atoms with E-state index in [-0.39, 0.29) is 0 Å². The lowest BCUT2D eigenvalue weighted by atomic mass is 10.5. The Morgan fingerprint density at radius 3 is 2.80 bits per heavy atom. The maximum absolute atomic E-state index is 5.47. The van der Waals surface area contributed by atoms with E-state index >= 15 is 0 Å². The van der Waals surface area contributed by atoms with Crippen molar-refractivity contribution in [1.29, 1.82) is 0 Å². The van der Waals surface area contributed by atoms with Crippen LogP contribution in [0.25, 0.3) is 0 Å². The minimum Gasteiger partial charge on any atom is -0.463 e. The molecule has 0 aliphatic rings. The van der Waals surface area contributed by atoms with Gasteiger partial charge in [-0.15, -0.1) is 10.2 Å². The molecule has 0 saturated carbocycles. The quantitative estimate of drug-likeness (QED) is 0.819. The fourth-order valence-corrected chi connectivity index (χ4v) is 2.02. The third-order valence-corrected chi connectivity index (χ3v) is 3.13. The van der Waals surface area contributed by atoms with E-state index in [4.69, 9.17) is 4.74 Å². The van der Waals surface area contributed by atoms with Crippen molar-refractivity contribution in [2.24, 2.45) is 7.05 Å². The van der Waals surface area contributed by atoms with E-state index in [2.05, 4.69) is 30.5 Å². The van der Waals surface area contributed by atoms with E-state index in [0.29, 0.717) is 28.9 Å². The number of hydrogen-bond donors (Lipinski definition) is 1. The van der Waals surface area contributed by atoms with E-state index in [0.717, 1.165) is 13.0 Å². The van der Waals surface area contributed by atoms with Crippen molar-refractivity contribution in [3.8, 4) is 6.01 Å². The molecule has 0 aliphatic carbocycles. The standard InChI is InChI=1S/C11H17N7OS/c1-4-6-19-9-14-8(12-5-2)15-10(16-9)20-11-17-13-7-18(11)3/h7H,4-6H2,1-3H3,(H,12,14,15,16). The Balaban J connectivity index is 2.21. The second-order valence-electron chi connectivity index (χ2n) is 3.93. The zero-order valence-corrected chi connectivity index (χ0v) is 12.5. The summed E-state index contributed by atoms with van der Waals surface area (Å²) in [6, 6.07) is 0.322. The molecule has 1 N–H and O–H groups in total. The normalized spacial score (nSPS) is 10.6. The van der Waals surface area contributed by atoms with Gasteiger partial charge in [-0.1, -0.05) is 6.92 Å². The molecule has 108 valence electrons. The lowest BCUT2D eigenvalue weighted by molar-refractivity contribution is 0.288. The van der Waals surface area contributed by atoms with Gasteiger partial charge >= 0.3 is 6.01 Å². The van der Waals surface area contributed by atoms with Gasteiger partial charge in [-0.25, -0.2) is 0 Å². The molecule has 0 saturated heterocycles. The molecule has 0 unspecified atom stereocenters. The second-order valence-corrected chi connectivity index (χ2v) is 4.86. The zero-order chi connectivity index (χ0) is 14.4. The van der Waals surface area contributed by atoms with Crippen LogP contribution in [0, 0.1) is 0 Å². The largest absolute Gasteiger partial charge is 0.463 e. The summed E-state index contributed by atoms with van der Waals surface area (Å²) in [7, 11) is 1.86. The Hall–Kier alpha value is -1.90. The molecule has 9 heteroatoms. The van der Waals surface area contributed by atoms with Crippen LogP contribution in [0.3, 0.4) is 0 Å². The minimum absolute atomic E-state index is 0.322. The summed E-state index contributed by atoms with van der Waals surface area (Å²) in [5.74, 6) is 0.498. The highest BCUT2D eigenvalue weighted by molar-refractivity contribution is 7.99. The fourth-order valence-electron chi connectivity index (χ4n) is 1.33. The van der Waals surface area contributed by atoms with Crippen LogP contribution < -0.4 is 10.1 Å². The summed E-state index contributed by atoms with van der Waals surface area (Å²) >= 11 is 1.32.